The molecule has 0 unspecified atom stereocenters. The van der Waals surface area contributed by atoms with Gasteiger partial charge in [0.1, 0.15) is 5.75 Å². The van der Waals surface area contributed by atoms with E-state index in [1.807, 2.05) is 0 Å². The maximum atomic E-state index is 12.4. The number of nitrogens with zero attached hydrogens (tertiary/aromatic N) is 3. The number of nitrogens with one attached hydrogen (secondary N) is 2. The van der Waals surface area contributed by atoms with Gasteiger partial charge in [-0.15, -0.1) is 0 Å². The van der Waals surface area contributed by atoms with Crippen LogP contribution in [0.25, 0.3) is 0 Å². The number of rotatable bonds is 6. The summed E-state index contributed by atoms with van der Waals surface area (Å²) in [5.41, 5.74) is -0.663. The molecule has 1 aromatic carbocycles. The zero-order chi connectivity index (χ0) is 22.7. The van der Waals surface area contributed by atoms with Crippen molar-refractivity contribution in [2.24, 2.45) is 10.9 Å². The predicted octanol–water partition coefficient (Wildman–Crippen LogP) is 2.45. The second-order valence-electron chi connectivity index (χ2n) is 7.18. The lowest BCUT2D eigenvalue weighted by Crippen LogP contribution is -2.49. The lowest BCUT2D eigenvalue weighted by Gasteiger charge is -2.33. The fourth-order valence-electron chi connectivity index (χ4n) is 3.35. The Labute approximate surface area is 186 Å². The van der Waals surface area contributed by atoms with Crippen LogP contribution in [-0.4, -0.2) is 32.1 Å². The summed E-state index contributed by atoms with van der Waals surface area (Å²) >= 11 is 5.80. The Morgan fingerprint density at radius 2 is 1.84 bits per heavy atom. The highest BCUT2D eigenvalue weighted by molar-refractivity contribution is 6.30. The van der Waals surface area contributed by atoms with Crippen molar-refractivity contribution in [2.75, 3.05) is 6.61 Å². The Bertz CT molecular complexity index is 1250. The van der Waals surface area contributed by atoms with Gasteiger partial charge in [0.25, 0.3) is 0 Å². The lowest BCUT2D eigenvalue weighted by molar-refractivity contribution is -0.152. The molecule has 2 aromatic heterocycles. The van der Waals surface area contributed by atoms with Gasteiger partial charge >= 0.3 is 17.3 Å². The number of aromatic amines is 2. The Morgan fingerprint density at radius 3 is 2.44 bits per heavy atom. The van der Waals surface area contributed by atoms with Crippen LogP contribution in [0.4, 0.5) is 5.69 Å². The molecule has 11 heteroatoms. The van der Waals surface area contributed by atoms with Crippen LogP contribution in [0.3, 0.4) is 0 Å². The quantitative estimate of drug-likeness (QED) is 0.546. The molecule has 0 radical (unpaired) electrons. The van der Waals surface area contributed by atoms with E-state index in [4.69, 9.17) is 21.1 Å². The van der Waals surface area contributed by atoms with E-state index in [0.717, 1.165) is 4.57 Å². The molecule has 4 rings (SSSR count). The van der Waals surface area contributed by atoms with E-state index < -0.39 is 11.4 Å². The molecular weight excluding hydrogens is 438 g/mol. The average Bonchev–Trinajstić information content (AvgIpc) is 2.72. The molecule has 0 saturated heterocycles. The third kappa shape index (κ3) is 4.80. The van der Waals surface area contributed by atoms with Crippen LogP contribution in [0.5, 0.6) is 11.6 Å². The second kappa shape index (κ2) is 9.23. The molecule has 2 N–H and O–H groups in total. The van der Waals surface area contributed by atoms with Crippen LogP contribution in [-0.2, 0) is 9.53 Å². The summed E-state index contributed by atoms with van der Waals surface area (Å²) in [5, 5.41) is 0.509. The molecule has 0 aliphatic heterocycles. The summed E-state index contributed by atoms with van der Waals surface area (Å²) in [5.74, 6) is 0.330. The fraction of sp³-hybridized carbons (Fsp3) is 0.286. The summed E-state index contributed by atoms with van der Waals surface area (Å²) in [7, 11) is 0. The number of hydrogen-bond acceptors (Lipinski definition) is 7. The number of aromatic nitrogens is 4. The molecular formula is C21H20ClN5O5. The number of hydrogen-bond donors (Lipinski definition) is 2. The van der Waals surface area contributed by atoms with Crippen molar-refractivity contribution in [3.8, 4) is 11.6 Å². The minimum absolute atomic E-state index is 0.0190. The maximum absolute atomic E-state index is 12.4. The molecule has 2 heterocycles. The monoisotopic (exact) mass is 457 g/mol. The molecule has 0 amide bonds. The van der Waals surface area contributed by atoms with E-state index in [1.54, 1.807) is 43.3 Å². The number of carbonyl (C=O) groups excluding carboxylic acids is 1. The number of H-pyrrole nitrogens is 2. The van der Waals surface area contributed by atoms with E-state index in [2.05, 4.69) is 19.9 Å². The molecule has 32 heavy (non-hydrogen) atoms. The molecule has 1 saturated carbocycles. The first-order valence-electron chi connectivity index (χ1n) is 9.99. The topological polar surface area (TPSA) is 131 Å². The molecule has 1 fully saturated rings. The molecule has 0 atom stereocenters. The van der Waals surface area contributed by atoms with Gasteiger partial charge in [0, 0.05) is 18.3 Å². The van der Waals surface area contributed by atoms with Crippen molar-refractivity contribution >= 4 is 23.3 Å². The van der Waals surface area contributed by atoms with Crippen LogP contribution < -0.4 is 21.7 Å². The Balaban J connectivity index is 1.48. The zero-order valence-corrected chi connectivity index (χ0v) is 17.8. The van der Waals surface area contributed by atoms with Crippen molar-refractivity contribution in [2.45, 2.75) is 25.8 Å². The summed E-state index contributed by atoms with van der Waals surface area (Å²) in [6.45, 7) is 2.04. The van der Waals surface area contributed by atoms with Crippen LogP contribution in [0, 0.1) is 5.92 Å². The highest BCUT2D eigenvalue weighted by Gasteiger charge is 2.38. The minimum Gasteiger partial charge on any atom is -0.466 e. The minimum atomic E-state index is -0.589. The SMILES string of the molecule is CCOC(=O)[C@H]1C[C@H](n2c(=O)[nH]c(=Nc3ccc(Oc4ccc(Cl)cn4)cc3)[nH]c2=O)C1. The van der Waals surface area contributed by atoms with Gasteiger partial charge in [0.15, 0.2) is 0 Å². The van der Waals surface area contributed by atoms with Crippen LogP contribution >= 0.6 is 11.6 Å². The third-order valence-electron chi connectivity index (χ3n) is 4.99. The summed E-state index contributed by atoms with van der Waals surface area (Å²) in [4.78, 5) is 50.0. The summed E-state index contributed by atoms with van der Waals surface area (Å²) in [6.07, 6.45) is 2.25. The summed E-state index contributed by atoms with van der Waals surface area (Å²) < 4.78 is 11.7. The van der Waals surface area contributed by atoms with Gasteiger partial charge in [-0.05, 0) is 50.1 Å². The third-order valence-corrected chi connectivity index (χ3v) is 5.21. The number of carbonyl (C=O) groups is 1. The number of esters is 1. The van der Waals surface area contributed by atoms with Crippen molar-refractivity contribution < 1.29 is 14.3 Å². The van der Waals surface area contributed by atoms with Gasteiger partial charge in [-0.1, -0.05) is 11.6 Å². The first kappa shape index (κ1) is 21.6. The van der Waals surface area contributed by atoms with Crippen molar-refractivity contribution in [3.05, 3.63) is 74.2 Å². The first-order valence-corrected chi connectivity index (χ1v) is 10.4. The van der Waals surface area contributed by atoms with E-state index in [1.165, 1.54) is 6.20 Å². The number of ether oxygens (including phenoxy) is 2. The standard InChI is InChI=1S/C21H20ClN5O5/c1-2-31-18(28)12-9-15(10-12)27-20(29)25-19(26-21(27)30)24-14-4-6-16(7-5-14)32-17-8-3-13(22)11-23-17/h3-8,11-12,15H,2,9-10H2,1H3,(H2,24,25,26,29,30)/t12-,15-. The van der Waals surface area contributed by atoms with Crippen LogP contribution in [0.1, 0.15) is 25.8 Å². The van der Waals surface area contributed by atoms with Gasteiger partial charge < -0.3 is 9.47 Å². The van der Waals surface area contributed by atoms with Gasteiger partial charge in [-0.25, -0.2) is 24.1 Å². The van der Waals surface area contributed by atoms with E-state index in [0.29, 0.717) is 41.8 Å². The largest absolute Gasteiger partial charge is 0.466 e. The predicted molar refractivity (Wildman–Crippen MR) is 115 cm³/mol. The Hall–Kier alpha value is -3.66. The van der Waals surface area contributed by atoms with Gasteiger partial charge in [0.2, 0.25) is 11.5 Å². The summed E-state index contributed by atoms with van der Waals surface area (Å²) in [6, 6.07) is 9.65. The number of benzene rings is 1. The zero-order valence-electron chi connectivity index (χ0n) is 17.1. The van der Waals surface area contributed by atoms with Gasteiger partial charge in [0.05, 0.1) is 23.2 Å². The van der Waals surface area contributed by atoms with Crippen LogP contribution in [0.2, 0.25) is 5.02 Å². The molecule has 3 aromatic rings. The Kier molecular flexibility index (Phi) is 6.22. The van der Waals surface area contributed by atoms with Crippen LogP contribution in [0.15, 0.2) is 57.2 Å². The van der Waals surface area contributed by atoms with E-state index in [-0.39, 0.29) is 23.5 Å². The normalized spacial score (nSPS) is 17.3. The second-order valence-corrected chi connectivity index (χ2v) is 7.61. The maximum Gasteiger partial charge on any atom is 0.332 e. The van der Waals surface area contributed by atoms with E-state index >= 15 is 0 Å². The average molecular weight is 458 g/mol. The van der Waals surface area contributed by atoms with E-state index in [9.17, 15) is 14.4 Å². The highest BCUT2D eigenvalue weighted by atomic mass is 35.5. The smallest absolute Gasteiger partial charge is 0.332 e. The molecule has 10 nitrogen and oxygen atoms in total. The van der Waals surface area contributed by atoms with Gasteiger partial charge in [-0.3, -0.25) is 14.8 Å². The molecule has 166 valence electrons. The first-order chi connectivity index (χ1) is 15.4. The molecule has 0 bridgehead atoms. The molecule has 1 aliphatic carbocycles. The van der Waals surface area contributed by atoms with Crippen molar-refractivity contribution in [1.29, 1.82) is 0 Å². The number of pyridine rings is 1. The highest BCUT2D eigenvalue weighted by Crippen LogP contribution is 2.36. The molecule has 1 aliphatic rings. The molecule has 0 spiro atoms. The van der Waals surface area contributed by atoms with Crippen molar-refractivity contribution in [3.63, 3.8) is 0 Å². The van der Waals surface area contributed by atoms with Gasteiger partial charge in [-0.2, -0.15) is 0 Å². The lowest BCUT2D eigenvalue weighted by atomic mass is 9.80. The number of halogens is 1. The fourth-order valence-corrected chi connectivity index (χ4v) is 3.46. The van der Waals surface area contributed by atoms with Crippen molar-refractivity contribution in [1.82, 2.24) is 19.5 Å². The Morgan fingerprint density at radius 1 is 1.16 bits per heavy atom.